The van der Waals surface area contributed by atoms with Gasteiger partial charge in [-0.3, -0.25) is 0 Å². The second kappa shape index (κ2) is 1.23. The van der Waals surface area contributed by atoms with Crippen LogP contribution in [-0.2, 0) is 0 Å². The second-order valence-corrected chi connectivity index (χ2v) is 1.62. The largest absolute Gasteiger partial charge is 0.364 e. The predicted molar refractivity (Wildman–Crippen MR) is 23.3 cm³/mol. The van der Waals surface area contributed by atoms with Crippen LogP contribution >= 0.6 is 8.19 Å². The van der Waals surface area contributed by atoms with Gasteiger partial charge in [0.25, 0.3) is 0 Å². The molecule has 0 saturated heterocycles. The third-order valence-electron chi connectivity index (χ3n) is 0.406. The maximum absolute atomic E-state index is 2.90. The van der Waals surface area contributed by atoms with Crippen molar-refractivity contribution in [3.05, 3.63) is 17.9 Å². The Balaban J connectivity index is 3.13. The summed E-state index contributed by atoms with van der Waals surface area (Å²) in [5.74, 6) is 4.01. The van der Waals surface area contributed by atoms with E-state index in [1.165, 1.54) is 8.19 Å². The third kappa shape index (κ3) is 0.489. The van der Waals surface area contributed by atoms with Gasteiger partial charge < -0.3 is 4.98 Å². The Hall–Kier alpha value is -0.290. The van der Waals surface area contributed by atoms with Gasteiger partial charge in [0.1, 0.15) is 0 Å². The first-order chi connectivity index (χ1) is 2.50. The van der Waals surface area contributed by atoms with Crippen LogP contribution in [0.1, 0.15) is 0 Å². The highest BCUT2D eigenvalue weighted by Gasteiger charge is 1.56. The highest BCUT2D eigenvalue weighted by Crippen LogP contribution is 1.95. The summed E-state index contributed by atoms with van der Waals surface area (Å²) >= 11 is 0. The molecule has 0 aliphatic heterocycles. The van der Waals surface area contributed by atoms with Crippen LogP contribution in [0.2, 0.25) is 0 Å². The molecule has 1 nitrogen and oxygen atoms in total. The number of aromatic amines is 1. The van der Waals surface area contributed by atoms with Crippen LogP contribution in [0.4, 0.5) is 0 Å². The average molecular weight is 85.0 g/mol. The lowest BCUT2D eigenvalue weighted by Crippen LogP contribution is -1.38. The number of H-pyrrole nitrogens is 1. The van der Waals surface area contributed by atoms with Gasteiger partial charge >= 0.3 is 0 Å². The molecule has 1 N–H and O–H groups in total. The Morgan fingerprint density at radius 3 is 2.80 bits per heavy atom. The zero-order valence-electron chi connectivity index (χ0n) is 2.68. The Morgan fingerprint density at radius 2 is 2.60 bits per heavy atom. The minimum absolute atomic E-state index is 1.27. The molecule has 0 saturated carbocycles. The zero-order valence-corrected chi connectivity index (χ0v) is 3.57. The third-order valence-corrected chi connectivity index (χ3v) is 1.03. The lowest BCUT2D eigenvalue weighted by Gasteiger charge is -1.48. The molecule has 0 aliphatic rings. The Morgan fingerprint density at radius 1 is 1.60 bits per heavy atom. The first kappa shape index (κ1) is 2.92. The van der Waals surface area contributed by atoms with E-state index in [9.17, 15) is 0 Å². The summed E-state index contributed by atoms with van der Waals surface area (Å²) in [7, 11) is 1.27. The topological polar surface area (TPSA) is 15.8 Å². The number of aromatic nitrogens is 1. The van der Waals surface area contributed by atoms with Crippen molar-refractivity contribution in [2.45, 2.75) is 0 Å². The molecule has 0 amide bonds. The van der Waals surface area contributed by atoms with E-state index in [0.717, 1.165) is 0 Å². The van der Waals surface area contributed by atoms with E-state index in [0.29, 0.717) is 0 Å². The van der Waals surface area contributed by atoms with E-state index < -0.39 is 0 Å². The number of nitrogens with one attached hydrogen (secondary N) is 1. The van der Waals surface area contributed by atoms with Crippen LogP contribution in [-0.4, -0.2) is 4.98 Å². The molecule has 1 aromatic heterocycles. The van der Waals surface area contributed by atoms with E-state index in [2.05, 4.69) is 4.98 Å². The molecule has 0 radical (unpaired) electrons. The minimum atomic E-state index is 1.27. The van der Waals surface area contributed by atoms with Crippen molar-refractivity contribution in [1.82, 2.24) is 4.98 Å². The van der Waals surface area contributed by atoms with Gasteiger partial charge in [-0.2, -0.15) is 0 Å². The molecule has 2 heteroatoms. The quantitative estimate of drug-likeness (QED) is 0.492. The predicted octanol–water partition coefficient (Wildman–Crippen LogP) is 1.59. The highest BCUT2D eigenvalue weighted by atomic mass is 31.0. The molecule has 0 atom stereocenters. The summed E-state index contributed by atoms with van der Waals surface area (Å²) in [6.07, 6.45) is 1.92. The SMILES string of the molecule is c1cpc[nH]1. The molecule has 26 valence electrons. The maximum atomic E-state index is 2.90. The molecule has 5 heavy (non-hydrogen) atoms. The van der Waals surface area contributed by atoms with Crippen LogP contribution in [0.3, 0.4) is 0 Å². The summed E-state index contributed by atoms with van der Waals surface area (Å²) in [6.45, 7) is 0. The summed E-state index contributed by atoms with van der Waals surface area (Å²) in [5.41, 5.74) is 0. The van der Waals surface area contributed by atoms with Crippen molar-refractivity contribution in [2.24, 2.45) is 0 Å². The molecule has 0 bridgehead atoms. The maximum Gasteiger partial charge on any atom is 0.0284 e. The molecule has 1 aromatic rings. The zero-order chi connectivity index (χ0) is 3.54. The molecular weight excluding hydrogens is 81.0 g/mol. The van der Waals surface area contributed by atoms with Crippen LogP contribution in [0.5, 0.6) is 0 Å². The van der Waals surface area contributed by atoms with Crippen molar-refractivity contribution in [3.63, 3.8) is 0 Å². The first-order valence-corrected chi connectivity index (χ1v) is 2.46. The Bertz CT molecular complexity index is 63.4. The van der Waals surface area contributed by atoms with Gasteiger partial charge in [-0.1, -0.05) is 8.19 Å². The number of rotatable bonds is 0. The van der Waals surface area contributed by atoms with Gasteiger partial charge in [0, 0.05) is 12.1 Å². The van der Waals surface area contributed by atoms with Crippen LogP contribution in [0.25, 0.3) is 0 Å². The fourth-order valence-electron chi connectivity index (χ4n) is 0.215. The normalized spacial score (nSPS) is 9.60. The fourth-order valence-corrected chi connectivity index (χ4v) is 0.645. The van der Waals surface area contributed by atoms with Gasteiger partial charge in [0.05, 0.1) is 0 Å². The fraction of sp³-hybridized carbons (Fsp3) is 0. The molecule has 0 aliphatic carbocycles. The second-order valence-electron chi connectivity index (χ2n) is 0.761. The highest BCUT2D eigenvalue weighted by molar-refractivity contribution is 7.28. The number of hydrogen-bond acceptors (Lipinski definition) is 0. The van der Waals surface area contributed by atoms with Crippen LogP contribution in [0, 0.1) is 0 Å². The molecule has 0 unspecified atom stereocenters. The van der Waals surface area contributed by atoms with E-state index in [1.54, 1.807) is 0 Å². The van der Waals surface area contributed by atoms with Crippen molar-refractivity contribution >= 4 is 8.19 Å². The van der Waals surface area contributed by atoms with E-state index in [1.807, 2.05) is 17.9 Å². The first-order valence-electron chi connectivity index (χ1n) is 1.43. The summed E-state index contributed by atoms with van der Waals surface area (Å²) in [4.78, 5) is 2.90. The summed E-state index contributed by atoms with van der Waals surface area (Å²) in [6, 6.07) is 0. The molecular formula is C3H4NP. The standard InChI is InChI=1S/C3H4NP/c1-2-5-3-4-1/h1-4H. The van der Waals surface area contributed by atoms with Crippen LogP contribution < -0.4 is 0 Å². The van der Waals surface area contributed by atoms with Gasteiger partial charge in [0.15, 0.2) is 0 Å². The van der Waals surface area contributed by atoms with E-state index >= 15 is 0 Å². The van der Waals surface area contributed by atoms with Crippen molar-refractivity contribution < 1.29 is 0 Å². The molecule has 0 fully saturated rings. The van der Waals surface area contributed by atoms with Gasteiger partial charge in [-0.15, -0.1) is 0 Å². The summed E-state index contributed by atoms with van der Waals surface area (Å²) < 4.78 is 0. The Labute approximate surface area is 32.1 Å². The Kier molecular flexibility index (Phi) is 0.718. The number of hydrogen-bond donors (Lipinski definition) is 1. The molecule has 1 rings (SSSR count). The monoisotopic (exact) mass is 85.0 g/mol. The smallest absolute Gasteiger partial charge is 0.0284 e. The van der Waals surface area contributed by atoms with Crippen molar-refractivity contribution in [1.29, 1.82) is 0 Å². The van der Waals surface area contributed by atoms with Gasteiger partial charge in [0.2, 0.25) is 0 Å². The lowest BCUT2D eigenvalue weighted by molar-refractivity contribution is 1.43. The van der Waals surface area contributed by atoms with E-state index in [4.69, 9.17) is 0 Å². The van der Waals surface area contributed by atoms with Crippen LogP contribution in [0.15, 0.2) is 17.9 Å². The minimum Gasteiger partial charge on any atom is -0.364 e. The molecule has 0 spiro atoms. The lowest BCUT2D eigenvalue weighted by atomic mass is 11.0. The molecule has 0 aromatic carbocycles. The molecule has 1 heterocycles. The average Bonchev–Trinajstić information content (AvgIpc) is 1.76. The van der Waals surface area contributed by atoms with Gasteiger partial charge in [-0.25, -0.2) is 0 Å². The van der Waals surface area contributed by atoms with E-state index in [-0.39, 0.29) is 0 Å². The summed E-state index contributed by atoms with van der Waals surface area (Å²) in [5, 5.41) is 0. The van der Waals surface area contributed by atoms with Gasteiger partial charge in [-0.05, 0) is 5.80 Å². The van der Waals surface area contributed by atoms with Crippen molar-refractivity contribution in [2.75, 3.05) is 0 Å². The van der Waals surface area contributed by atoms with Crippen molar-refractivity contribution in [3.8, 4) is 0 Å².